The molecule has 0 atom stereocenters. The number of amides is 1. The number of nitrogens with zero attached hydrogens (tertiary/aromatic N) is 2. The van der Waals surface area contributed by atoms with Crippen molar-refractivity contribution in [1.29, 1.82) is 5.26 Å². The Morgan fingerprint density at radius 1 is 1.43 bits per heavy atom. The first-order valence-corrected chi connectivity index (χ1v) is 6.31. The van der Waals surface area contributed by atoms with Crippen LogP contribution in [0, 0.1) is 17.1 Å². The van der Waals surface area contributed by atoms with Crippen LogP contribution in [0.4, 0.5) is 15.9 Å². The van der Waals surface area contributed by atoms with E-state index in [0.29, 0.717) is 17.7 Å². The number of carbonyl (C=O) groups is 1. The monoisotopic (exact) mass is 284 g/mol. The van der Waals surface area contributed by atoms with E-state index in [-0.39, 0.29) is 17.1 Å². The largest absolute Gasteiger partial charge is 0.384 e. The molecule has 1 heterocycles. The minimum atomic E-state index is -0.536. The summed E-state index contributed by atoms with van der Waals surface area (Å²) in [4.78, 5) is 16.3. The number of rotatable bonds is 3. The van der Waals surface area contributed by atoms with E-state index in [0.717, 1.165) is 6.07 Å². The molecule has 0 fully saturated rings. The van der Waals surface area contributed by atoms with Crippen LogP contribution in [0.25, 0.3) is 0 Å². The number of pyridine rings is 1. The third-order valence-corrected chi connectivity index (χ3v) is 2.87. The van der Waals surface area contributed by atoms with Crippen LogP contribution in [-0.2, 0) is 6.42 Å². The Morgan fingerprint density at radius 2 is 2.19 bits per heavy atom. The fourth-order valence-corrected chi connectivity index (χ4v) is 1.84. The van der Waals surface area contributed by atoms with Gasteiger partial charge in [-0.05, 0) is 36.8 Å². The van der Waals surface area contributed by atoms with Gasteiger partial charge in [0, 0.05) is 11.3 Å². The minimum Gasteiger partial charge on any atom is -0.384 e. The normalized spacial score (nSPS) is 9.95. The number of aryl methyl sites for hydroxylation is 1. The van der Waals surface area contributed by atoms with E-state index in [1.807, 2.05) is 13.0 Å². The summed E-state index contributed by atoms with van der Waals surface area (Å²) in [6.07, 6.45) is 0.644. The number of nitrogens with one attached hydrogen (secondary N) is 1. The predicted octanol–water partition coefficient (Wildman–Crippen LogP) is 2.49. The van der Waals surface area contributed by atoms with Crippen LogP contribution in [0.3, 0.4) is 0 Å². The molecule has 3 N–H and O–H groups in total. The van der Waals surface area contributed by atoms with Gasteiger partial charge >= 0.3 is 0 Å². The lowest BCUT2D eigenvalue weighted by molar-refractivity contribution is 0.102. The van der Waals surface area contributed by atoms with E-state index in [1.54, 1.807) is 6.07 Å². The highest BCUT2D eigenvalue weighted by Crippen LogP contribution is 2.18. The molecule has 1 amide bonds. The van der Waals surface area contributed by atoms with Crippen LogP contribution in [-0.4, -0.2) is 10.9 Å². The molecule has 0 spiro atoms. The summed E-state index contributed by atoms with van der Waals surface area (Å²) in [6, 6.07) is 8.49. The topological polar surface area (TPSA) is 91.8 Å². The van der Waals surface area contributed by atoms with Crippen molar-refractivity contribution in [1.82, 2.24) is 4.98 Å². The number of anilines is 2. The summed E-state index contributed by atoms with van der Waals surface area (Å²) in [5.41, 5.74) is 6.99. The predicted molar refractivity (Wildman–Crippen MR) is 77.1 cm³/mol. The molecule has 5 nitrogen and oxygen atoms in total. The molecule has 106 valence electrons. The molecule has 1 aromatic carbocycles. The van der Waals surface area contributed by atoms with Gasteiger partial charge in [-0.3, -0.25) is 4.79 Å². The number of nitrogens with two attached hydrogens (primary N) is 1. The first-order chi connectivity index (χ1) is 10.0. The number of hydrogen-bond acceptors (Lipinski definition) is 4. The van der Waals surface area contributed by atoms with Gasteiger partial charge in [-0.2, -0.15) is 5.26 Å². The van der Waals surface area contributed by atoms with Gasteiger partial charge in [0.1, 0.15) is 17.7 Å². The van der Waals surface area contributed by atoms with E-state index in [2.05, 4.69) is 10.3 Å². The van der Waals surface area contributed by atoms with Gasteiger partial charge in [0.25, 0.3) is 5.91 Å². The van der Waals surface area contributed by atoms with Crippen LogP contribution in [0.15, 0.2) is 30.3 Å². The third-order valence-electron chi connectivity index (χ3n) is 2.87. The summed E-state index contributed by atoms with van der Waals surface area (Å²) in [5.74, 6) is -0.716. The molecule has 0 saturated carbocycles. The Bertz CT molecular complexity index is 737. The lowest BCUT2D eigenvalue weighted by atomic mass is 10.1. The molecule has 0 aliphatic rings. The Balaban J connectivity index is 2.30. The zero-order chi connectivity index (χ0) is 15.4. The number of benzene rings is 1. The van der Waals surface area contributed by atoms with Gasteiger partial charge in [0.15, 0.2) is 0 Å². The smallest absolute Gasteiger partial charge is 0.255 e. The molecular formula is C15H13FN4O. The lowest BCUT2D eigenvalue weighted by Crippen LogP contribution is -2.14. The molecule has 2 aromatic rings. The number of nitriles is 1. The zero-order valence-corrected chi connectivity index (χ0v) is 11.4. The molecule has 0 radical (unpaired) electrons. The highest BCUT2D eigenvalue weighted by Gasteiger charge is 2.11. The molecular weight excluding hydrogens is 271 g/mol. The maximum atomic E-state index is 13.1. The van der Waals surface area contributed by atoms with Crippen LogP contribution in [0.1, 0.15) is 28.5 Å². The Hall–Kier alpha value is -2.94. The number of aromatic nitrogens is 1. The zero-order valence-electron chi connectivity index (χ0n) is 11.4. The fourth-order valence-electron chi connectivity index (χ4n) is 1.84. The Labute approximate surface area is 121 Å². The average molecular weight is 284 g/mol. The number of hydrogen-bond donors (Lipinski definition) is 2. The van der Waals surface area contributed by atoms with Crippen LogP contribution >= 0.6 is 0 Å². The molecule has 0 unspecified atom stereocenters. The van der Waals surface area contributed by atoms with Crippen molar-refractivity contribution >= 4 is 17.4 Å². The SMILES string of the molecule is CCc1cc(C(=O)Nc2ccc(F)cc2C#N)cc(N)n1. The standard InChI is InChI=1S/C15H13FN4O/c1-2-12-6-9(7-14(18)19-12)15(21)20-13-4-3-11(16)5-10(13)8-17/h3-7H,2H2,1H3,(H2,18,19)(H,20,21). The highest BCUT2D eigenvalue weighted by atomic mass is 19.1. The molecule has 0 aliphatic carbocycles. The summed E-state index contributed by atoms with van der Waals surface area (Å²) in [5, 5.41) is 11.5. The van der Waals surface area contributed by atoms with Gasteiger partial charge < -0.3 is 11.1 Å². The van der Waals surface area contributed by atoms with Gasteiger partial charge in [0.2, 0.25) is 0 Å². The van der Waals surface area contributed by atoms with E-state index in [4.69, 9.17) is 11.0 Å². The molecule has 2 rings (SSSR count). The van der Waals surface area contributed by atoms with E-state index < -0.39 is 11.7 Å². The molecule has 0 saturated heterocycles. The third kappa shape index (κ3) is 3.34. The van der Waals surface area contributed by atoms with Crippen LogP contribution in [0.2, 0.25) is 0 Å². The van der Waals surface area contributed by atoms with Gasteiger partial charge in [-0.25, -0.2) is 9.37 Å². The quantitative estimate of drug-likeness (QED) is 0.905. The van der Waals surface area contributed by atoms with Crippen molar-refractivity contribution in [3.63, 3.8) is 0 Å². The van der Waals surface area contributed by atoms with Crippen molar-refractivity contribution < 1.29 is 9.18 Å². The highest BCUT2D eigenvalue weighted by molar-refractivity contribution is 6.05. The molecule has 0 bridgehead atoms. The van der Waals surface area contributed by atoms with Crippen molar-refractivity contribution in [3.05, 3.63) is 53.0 Å². The van der Waals surface area contributed by atoms with Crippen molar-refractivity contribution in [2.45, 2.75) is 13.3 Å². The van der Waals surface area contributed by atoms with E-state index in [1.165, 1.54) is 18.2 Å². The fraction of sp³-hybridized carbons (Fsp3) is 0.133. The van der Waals surface area contributed by atoms with Crippen LogP contribution in [0.5, 0.6) is 0 Å². The minimum absolute atomic E-state index is 0.0566. The number of nitrogen functional groups attached to an aromatic ring is 1. The number of carbonyl (C=O) groups excluding carboxylic acids is 1. The number of halogens is 1. The Kier molecular flexibility index (Phi) is 4.14. The van der Waals surface area contributed by atoms with Gasteiger partial charge in [0.05, 0.1) is 11.3 Å². The van der Waals surface area contributed by atoms with Crippen molar-refractivity contribution in [3.8, 4) is 6.07 Å². The molecule has 21 heavy (non-hydrogen) atoms. The summed E-state index contributed by atoms with van der Waals surface area (Å²) in [7, 11) is 0. The van der Waals surface area contributed by atoms with E-state index in [9.17, 15) is 9.18 Å². The van der Waals surface area contributed by atoms with E-state index >= 15 is 0 Å². The second kappa shape index (κ2) is 6.01. The average Bonchev–Trinajstić information content (AvgIpc) is 2.48. The molecule has 1 aromatic heterocycles. The first kappa shape index (κ1) is 14.5. The molecule has 6 heteroatoms. The summed E-state index contributed by atoms with van der Waals surface area (Å²) < 4.78 is 13.1. The van der Waals surface area contributed by atoms with Crippen LogP contribution < -0.4 is 11.1 Å². The second-order valence-corrected chi connectivity index (χ2v) is 4.38. The van der Waals surface area contributed by atoms with Gasteiger partial charge in [-0.15, -0.1) is 0 Å². The lowest BCUT2D eigenvalue weighted by Gasteiger charge is -2.08. The summed E-state index contributed by atoms with van der Waals surface area (Å²) >= 11 is 0. The van der Waals surface area contributed by atoms with Crippen molar-refractivity contribution in [2.75, 3.05) is 11.1 Å². The molecule has 0 aliphatic heterocycles. The van der Waals surface area contributed by atoms with Gasteiger partial charge in [-0.1, -0.05) is 6.92 Å². The first-order valence-electron chi connectivity index (χ1n) is 6.31. The maximum Gasteiger partial charge on any atom is 0.255 e. The van der Waals surface area contributed by atoms with Crippen molar-refractivity contribution in [2.24, 2.45) is 0 Å². The Morgan fingerprint density at radius 3 is 2.86 bits per heavy atom. The second-order valence-electron chi connectivity index (χ2n) is 4.38. The maximum absolute atomic E-state index is 13.1. The summed E-state index contributed by atoms with van der Waals surface area (Å²) in [6.45, 7) is 1.90.